The average molecular weight is 396 g/mol. The molecule has 0 aliphatic heterocycles. The van der Waals surface area contributed by atoms with Crippen LogP contribution in [0.5, 0.6) is 0 Å². The lowest BCUT2D eigenvalue weighted by Crippen LogP contribution is -2.24. The van der Waals surface area contributed by atoms with Gasteiger partial charge in [0.05, 0.1) is 5.69 Å². The quantitative estimate of drug-likeness (QED) is 0.545. The number of carbonyl (C=O) groups excluding carboxylic acids is 1. The Morgan fingerprint density at radius 1 is 1.07 bits per heavy atom. The van der Waals surface area contributed by atoms with Crippen LogP contribution >= 0.6 is 0 Å². The van der Waals surface area contributed by atoms with Crippen molar-refractivity contribution in [3.63, 3.8) is 0 Å². The Bertz CT molecular complexity index is 1160. The van der Waals surface area contributed by atoms with Crippen molar-refractivity contribution in [2.75, 3.05) is 0 Å². The standard InChI is InChI=1S/C21H18F2N4O2/c1-12(2)17-18(20(28)24-11-13-3-7-15(22)8-4-13)29-21-25-19(26-27(17)21)14-5-9-16(23)10-6-14/h3-10,12H,11H2,1-2H3,(H,24,28). The molecule has 6 nitrogen and oxygen atoms in total. The Morgan fingerprint density at radius 2 is 1.69 bits per heavy atom. The highest BCUT2D eigenvalue weighted by Crippen LogP contribution is 2.26. The maximum absolute atomic E-state index is 13.1. The molecule has 29 heavy (non-hydrogen) atoms. The molecule has 0 bridgehead atoms. The normalized spacial score (nSPS) is 11.3. The van der Waals surface area contributed by atoms with Crippen molar-refractivity contribution in [3.8, 4) is 11.4 Å². The predicted octanol–water partition coefficient (Wildman–Crippen LogP) is 4.32. The van der Waals surface area contributed by atoms with Crippen molar-refractivity contribution < 1.29 is 18.0 Å². The van der Waals surface area contributed by atoms with Crippen molar-refractivity contribution in [2.45, 2.75) is 26.3 Å². The van der Waals surface area contributed by atoms with Crippen LogP contribution in [0.15, 0.2) is 52.9 Å². The molecule has 2 aromatic heterocycles. The number of benzene rings is 2. The van der Waals surface area contributed by atoms with Crippen LogP contribution in [0, 0.1) is 11.6 Å². The molecule has 148 valence electrons. The van der Waals surface area contributed by atoms with Gasteiger partial charge in [0.1, 0.15) is 11.6 Å². The predicted molar refractivity (Wildman–Crippen MR) is 102 cm³/mol. The van der Waals surface area contributed by atoms with Crippen molar-refractivity contribution >= 4 is 11.8 Å². The fourth-order valence-corrected chi connectivity index (χ4v) is 3.02. The molecular formula is C21H18F2N4O2. The van der Waals surface area contributed by atoms with Crippen LogP contribution in [0.4, 0.5) is 8.78 Å². The highest BCUT2D eigenvalue weighted by molar-refractivity contribution is 5.93. The molecule has 0 unspecified atom stereocenters. The lowest BCUT2D eigenvalue weighted by Gasteiger charge is -2.07. The molecule has 0 saturated carbocycles. The molecule has 0 aliphatic rings. The second-order valence-corrected chi connectivity index (χ2v) is 6.92. The Balaban J connectivity index is 1.62. The third-order valence-corrected chi connectivity index (χ3v) is 4.45. The maximum atomic E-state index is 13.1. The molecule has 4 aromatic rings. The summed E-state index contributed by atoms with van der Waals surface area (Å²) in [4.78, 5) is 17.0. The molecule has 4 rings (SSSR count). The average Bonchev–Trinajstić information content (AvgIpc) is 3.25. The number of hydrogen-bond donors (Lipinski definition) is 1. The van der Waals surface area contributed by atoms with E-state index in [9.17, 15) is 13.6 Å². The first-order valence-electron chi connectivity index (χ1n) is 9.10. The smallest absolute Gasteiger partial charge is 0.325 e. The van der Waals surface area contributed by atoms with E-state index in [1.54, 1.807) is 24.3 Å². The molecule has 8 heteroatoms. The summed E-state index contributed by atoms with van der Waals surface area (Å²) < 4.78 is 33.4. The number of amides is 1. The highest BCUT2D eigenvalue weighted by atomic mass is 19.1. The van der Waals surface area contributed by atoms with E-state index in [0.717, 1.165) is 5.56 Å². The van der Waals surface area contributed by atoms with Crippen LogP contribution in [0.25, 0.3) is 17.2 Å². The lowest BCUT2D eigenvalue weighted by atomic mass is 10.1. The zero-order valence-electron chi connectivity index (χ0n) is 15.8. The number of nitrogens with zero attached hydrogens (tertiary/aromatic N) is 3. The minimum atomic E-state index is -0.409. The minimum Gasteiger partial charge on any atom is -0.416 e. The van der Waals surface area contributed by atoms with Gasteiger partial charge in [-0.15, -0.1) is 5.10 Å². The topological polar surface area (TPSA) is 72.4 Å². The van der Waals surface area contributed by atoms with Gasteiger partial charge in [-0.3, -0.25) is 4.79 Å². The summed E-state index contributed by atoms with van der Waals surface area (Å²) in [6, 6.07) is 11.7. The molecule has 0 atom stereocenters. The van der Waals surface area contributed by atoms with Crippen LogP contribution in [0.2, 0.25) is 0 Å². The van der Waals surface area contributed by atoms with Gasteiger partial charge in [0.2, 0.25) is 5.76 Å². The summed E-state index contributed by atoms with van der Waals surface area (Å²) in [7, 11) is 0. The second-order valence-electron chi connectivity index (χ2n) is 6.92. The number of nitrogens with one attached hydrogen (secondary N) is 1. The van der Waals surface area contributed by atoms with E-state index in [1.807, 2.05) is 13.8 Å². The third kappa shape index (κ3) is 3.73. The van der Waals surface area contributed by atoms with E-state index >= 15 is 0 Å². The maximum Gasteiger partial charge on any atom is 0.325 e. The first kappa shape index (κ1) is 18.8. The summed E-state index contributed by atoms with van der Waals surface area (Å²) in [5.41, 5.74) is 1.98. The van der Waals surface area contributed by atoms with Gasteiger partial charge >= 0.3 is 5.84 Å². The highest BCUT2D eigenvalue weighted by Gasteiger charge is 2.25. The number of fused-ring (bicyclic) bond motifs is 1. The van der Waals surface area contributed by atoms with Crippen LogP contribution < -0.4 is 5.32 Å². The number of hydrogen-bond acceptors (Lipinski definition) is 4. The number of aromatic nitrogens is 3. The third-order valence-electron chi connectivity index (χ3n) is 4.45. The van der Waals surface area contributed by atoms with Gasteiger partial charge in [-0.05, 0) is 47.9 Å². The molecule has 1 N–H and O–H groups in total. The summed E-state index contributed by atoms with van der Waals surface area (Å²) >= 11 is 0. The zero-order valence-corrected chi connectivity index (χ0v) is 15.8. The molecule has 1 amide bonds. The number of rotatable bonds is 5. The van der Waals surface area contributed by atoms with Crippen molar-refractivity contribution in [2.24, 2.45) is 0 Å². The van der Waals surface area contributed by atoms with E-state index in [4.69, 9.17) is 4.42 Å². The Hall–Kier alpha value is -3.55. The number of halogens is 2. The molecule has 2 heterocycles. The first-order chi connectivity index (χ1) is 13.9. The van der Waals surface area contributed by atoms with Gasteiger partial charge in [0.25, 0.3) is 5.91 Å². The Labute approximate surface area is 165 Å². The van der Waals surface area contributed by atoms with E-state index in [2.05, 4.69) is 15.4 Å². The lowest BCUT2D eigenvalue weighted by molar-refractivity contribution is 0.0923. The fourth-order valence-electron chi connectivity index (χ4n) is 3.02. The molecule has 0 aliphatic carbocycles. The summed E-state index contributed by atoms with van der Waals surface area (Å²) in [5.74, 6) is -0.469. The largest absolute Gasteiger partial charge is 0.416 e. The van der Waals surface area contributed by atoms with Crippen LogP contribution in [-0.2, 0) is 6.54 Å². The van der Waals surface area contributed by atoms with E-state index < -0.39 is 5.91 Å². The summed E-state index contributed by atoms with van der Waals surface area (Å²) in [5, 5.41) is 7.20. The van der Waals surface area contributed by atoms with Crippen molar-refractivity contribution in [1.82, 2.24) is 19.9 Å². The SMILES string of the molecule is CC(C)c1c(C(=O)NCc2ccc(F)cc2)oc2nc(-c3ccc(F)cc3)nn12. The second kappa shape index (κ2) is 7.46. The molecule has 0 spiro atoms. The van der Waals surface area contributed by atoms with Crippen LogP contribution in [-0.4, -0.2) is 20.5 Å². The zero-order chi connectivity index (χ0) is 20.5. The molecule has 0 fully saturated rings. The molecule has 2 aromatic carbocycles. The summed E-state index contributed by atoms with van der Waals surface area (Å²) in [6.45, 7) is 4.06. The minimum absolute atomic E-state index is 0.0643. The Kier molecular flexibility index (Phi) is 4.84. The van der Waals surface area contributed by atoms with Crippen LogP contribution in [0.1, 0.15) is 41.6 Å². The van der Waals surface area contributed by atoms with Gasteiger partial charge in [0.15, 0.2) is 5.82 Å². The van der Waals surface area contributed by atoms with Crippen molar-refractivity contribution in [3.05, 3.63) is 77.2 Å². The van der Waals surface area contributed by atoms with Gasteiger partial charge in [-0.2, -0.15) is 9.50 Å². The Morgan fingerprint density at radius 3 is 2.31 bits per heavy atom. The van der Waals surface area contributed by atoms with E-state index in [0.29, 0.717) is 17.1 Å². The monoisotopic (exact) mass is 396 g/mol. The fraction of sp³-hybridized carbons (Fsp3) is 0.190. The van der Waals surface area contributed by atoms with Gasteiger partial charge < -0.3 is 9.73 Å². The first-order valence-corrected chi connectivity index (χ1v) is 9.10. The molecule has 0 saturated heterocycles. The van der Waals surface area contributed by atoms with Gasteiger partial charge in [-0.25, -0.2) is 8.78 Å². The van der Waals surface area contributed by atoms with Crippen LogP contribution in [0.3, 0.4) is 0 Å². The van der Waals surface area contributed by atoms with E-state index in [-0.39, 0.29) is 35.7 Å². The summed E-state index contributed by atoms with van der Waals surface area (Å²) in [6.07, 6.45) is 0. The van der Waals surface area contributed by atoms with Gasteiger partial charge in [0, 0.05) is 12.1 Å². The molecule has 0 radical (unpaired) electrons. The number of oxazole rings is 1. The van der Waals surface area contributed by atoms with E-state index in [1.165, 1.54) is 28.8 Å². The number of carbonyl (C=O) groups is 1. The van der Waals surface area contributed by atoms with Gasteiger partial charge in [-0.1, -0.05) is 26.0 Å². The van der Waals surface area contributed by atoms with Crippen molar-refractivity contribution in [1.29, 1.82) is 0 Å². The molecular weight excluding hydrogens is 378 g/mol.